The van der Waals surface area contributed by atoms with Crippen molar-refractivity contribution in [1.82, 2.24) is 4.98 Å². The minimum atomic E-state index is -0.609. The summed E-state index contributed by atoms with van der Waals surface area (Å²) in [6.45, 7) is 0. The van der Waals surface area contributed by atoms with Crippen LogP contribution in [0.2, 0.25) is 5.02 Å². The predicted molar refractivity (Wildman–Crippen MR) is 59.7 cm³/mol. The SMILES string of the molecule is NC(=O)c1cc2c(Cl)cccc2nc1N. The van der Waals surface area contributed by atoms with Gasteiger partial charge in [0.15, 0.2) is 0 Å². The van der Waals surface area contributed by atoms with Gasteiger partial charge in [0.25, 0.3) is 5.91 Å². The number of carbonyl (C=O) groups excluding carboxylic acids is 1. The zero-order valence-electron chi connectivity index (χ0n) is 7.70. The van der Waals surface area contributed by atoms with E-state index in [-0.39, 0.29) is 11.4 Å². The molecule has 0 radical (unpaired) electrons. The maximum atomic E-state index is 11.0. The second-order valence-electron chi connectivity index (χ2n) is 3.09. The second kappa shape index (κ2) is 3.40. The van der Waals surface area contributed by atoms with E-state index in [0.717, 1.165) is 0 Å². The third kappa shape index (κ3) is 1.59. The van der Waals surface area contributed by atoms with Gasteiger partial charge in [-0.05, 0) is 18.2 Å². The number of fused-ring (bicyclic) bond motifs is 1. The van der Waals surface area contributed by atoms with Crippen LogP contribution in [-0.2, 0) is 0 Å². The fourth-order valence-corrected chi connectivity index (χ4v) is 1.60. The van der Waals surface area contributed by atoms with Gasteiger partial charge in [0.2, 0.25) is 0 Å². The van der Waals surface area contributed by atoms with Gasteiger partial charge in [-0.3, -0.25) is 4.79 Å². The Kier molecular flexibility index (Phi) is 2.21. The Labute approximate surface area is 90.8 Å². The molecule has 15 heavy (non-hydrogen) atoms. The molecule has 0 bridgehead atoms. The average molecular weight is 222 g/mol. The molecule has 1 amide bonds. The van der Waals surface area contributed by atoms with Gasteiger partial charge >= 0.3 is 0 Å². The quantitative estimate of drug-likeness (QED) is 0.767. The van der Waals surface area contributed by atoms with Crippen molar-refractivity contribution in [2.24, 2.45) is 5.73 Å². The van der Waals surface area contributed by atoms with Gasteiger partial charge in [-0.15, -0.1) is 0 Å². The lowest BCUT2D eigenvalue weighted by atomic mass is 10.1. The number of primary amides is 1. The number of pyridine rings is 1. The highest BCUT2D eigenvalue weighted by Crippen LogP contribution is 2.24. The number of nitrogens with zero attached hydrogens (tertiary/aromatic N) is 1. The Morgan fingerprint density at radius 2 is 2.13 bits per heavy atom. The summed E-state index contributed by atoms with van der Waals surface area (Å²) in [6.07, 6.45) is 0. The number of carbonyl (C=O) groups is 1. The zero-order valence-corrected chi connectivity index (χ0v) is 8.45. The summed E-state index contributed by atoms with van der Waals surface area (Å²) in [6, 6.07) is 6.80. The number of amides is 1. The van der Waals surface area contributed by atoms with Gasteiger partial charge < -0.3 is 11.5 Å². The van der Waals surface area contributed by atoms with Gasteiger partial charge in [0, 0.05) is 10.4 Å². The largest absolute Gasteiger partial charge is 0.383 e. The van der Waals surface area contributed by atoms with E-state index in [1.165, 1.54) is 0 Å². The van der Waals surface area contributed by atoms with E-state index >= 15 is 0 Å². The third-order valence-corrected chi connectivity index (χ3v) is 2.43. The summed E-state index contributed by atoms with van der Waals surface area (Å²) in [5.74, 6) is -0.487. The van der Waals surface area contributed by atoms with Crippen LogP contribution >= 0.6 is 11.6 Å². The van der Waals surface area contributed by atoms with Crippen LogP contribution in [0.3, 0.4) is 0 Å². The number of hydrogen-bond acceptors (Lipinski definition) is 3. The molecule has 0 spiro atoms. The minimum absolute atomic E-state index is 0.122. The first-order valence-corrected chi connectivity index (χ1v) is 4.62. The number of hydrogen-bond donors (Lipinski definition) is 2. The summed E-state index contributed by atoms with van der Waals surface area (Å²) in [5.41, 5.74) is 11.6. The molecular weight excluding hydrogens is 214 g/mol. The highest BCUT2D eigenvalue weighted by Gasteiger charge is 2.10. The number of nitrogens with two attached hydrogens (primary N) is 2. The van der Waals surface area contributed by atoms with Crippen molar-refractivity contribution in [3.63, 3.8) is 0 Å². The number of benzene rings is 1. The van der Waals surface area contributed by atoms with Gasteiger partial charge in [-0.1, -0.05) is 17.7 Å². The van der Waals surface area contributed by atoms with E-state index in [4.69, 9.17) is 23.1 Å². The van der Waals surface area contributed by atoms with Crippen LogP contribution in [0.4, 0.5) is 5.82 Å². The van der Waals surface area contributed by atoms with E-state index in [1.807, 2.05) is 0 Å². The summed E-state index contributed by atoms with van der Waals surface area (Å²) >= 11 is 5.95. The Hall–Kier alpha value is -1.81. The van der Waals surface area contributed by atoms with Crippen LogP contribution in [0.25, 0.3) is 10.9 Å². The smallest absolute Gasteiger partial charge is 0.252 e. The van der Waals surface area contributed by atoms with Crippen molar-refractivity contribution in [1.29, 1.82) is 0 Å². The molecule has 1 heterocycles. The molecule has 0 aliphatic rings. The topological polar surface area (TPSA) is 82.0 Å². The van der Waals surface area contributed by atoms with E-state index in [9.17, 15) is 4.79 Å². The van der Waals surface area contributed by atoms with Crippen LogP contribution in [-0.4, -0.2) is 10.9 Å². The first-order valence-electron chi connectivity index (χ1n) is 4.24. The molecule has 2 aromatic rings. The van der Waals surface area contributed by atoms with Crippen LogP contribution in [0.1, 0.15) is 10.4 Å². The van der Waals surface area contributed by atoms with Crippen molar-refractivity contribution >= 4 is 34.2 Å². The molecule has 0 saturated heterocycles. The monoisotopic (exact) mass is 221 g/mol. The van der Waals surface area contributed by atoms with Crippen molar-refractivity contribution in [2.75, 3.05) is 5.73 Å². The summed E-state index contributed by atoms with van der Waals surface area (Å²) in [5, 5.41) is 1.18. The lowest BCUT2D eigenvalue weighted by molar-refractivity contribution is 0.100. The molecule has 4 N–H and O–H groups in total. The van der Waals surface area contributed by atoms with Crippen molar-refractivity contribution in [3.05, 3.63) is 34.9 Å². The predicted octanol–water partition coefficient (Wildman–Crippen LogP) is 1.57. The van der Waals surface area contributed by atoms with Crippen LogP contribution < -0.4 is 11.5 Å². The second-order valence-corrected chi connectivity index (χ2v) is 3.50. The molecule has 2 rings (SSSR count). The summed E-state index contributed by atoms with van der Waals surface area (Å²) in [4.78, 5) is 15.1. The Morgan fingerprint density at radius 3 is 2.80 bits per heavy atom. The Morgan fingerprint density at radius 1 is 1.40 bits per heavy atom. The fourth-order valence-electron chi connectivity index (χ4n) is 1.37. The van der Waals surface area contributed by atoms with Gasteiger partial charge in [0.1, 0.15) is 5.82 Å². The lowest BCUT2D eigenvalue weighted by Gasteiger charge is -2.04. The fraction of sp³-hybridized carbons (Fsp3) is 0. The lowest BCUT2D eigenvalue weighted by Crippen LogP contribution is -2.14. The molecule has 0 atom stereocenters. The Balaban J connectivity index is 2.83. The number of halogens is 1. The van der Waals surface area contributed by atoms with Gasteiger partial charge in [-0.2, -0.15) is 0 Å². The molecule has 0 fully saturated rings. The molecule has 1 aromatic heterocycles. The number of nitrogen functional groups attached to an aromatic ring is 1. The minimum Gasteiger partial charge on any atom is -0.383 e. The van der Waals surface area contributed by atoms with E-state index in [2.05, 4.69) is 4.98 Å². The maximum Gasteiger partial charge on any atom is 0.252 e. The number of anilines is 1. The number of rotatable bonds is 1. The standard InChI is InChI=1S/C10H8ClN3O/c11-7-2-1-3-8-5(7)4-6(10(13)15)9(12)14-8/h1-4H,(H2,12,14)(H2,13,15). The third-order valence-electron chi connectivity index (χ3n) is 2.10. The first-order chi connectivity index (χ1) is 7.09. The molecule has 0 aliphatic carbocycles. The van der Waals surface area contributed by atoms with Crippen LogP contribution in [0, 0.1) is 0 Å². The van der Waals surface area contributed by atoms with Crippen molar-refractivity contribution in [3.8, 4) is 0 Å². The van der Waals surface area contributed by atoms with E-state index < -0.39 is 5.91 Å². The molecule has 4 nitrogen and oxygen atoms in total. The highest BCUT2D eigenvalue weighted by molar-refractivity contribution is 6.35. The Bertz CT molecular complexity index is 554. The van der Waals surface area contributed by atoms with Gasteiger partial charge in [0.05, 0.1) is 11.1 Å². The normalized spacial score (nSPS) is 10.5. The summed E-state index contributed by atoms with van der Waals surface area (Å²) in [7, 11) is 0. The number of aromatic nitrogens is 1. The molecule has 0 unspecified atom stereocenters. The van der Waals surface area contributed by atoms with Crippen molar-refractivity contribution in [2.45, 2.75) is 0 Å². The molecule has 0 aliphatic heterocycles. The average Bonchev–Trinajstić information content (AvgIpc) is 2.16. The zero-order chi connectivity index (χ0) is 11.0. The van der Waals surface area contributed by atoms with E-state index in [0.29, 0.717) is 15.9 Å². The summed E-state index contributed by atoms with van der Waals surface area (Å²) < 4.78 is 0. The highest BCUT2D eigenvalue weighted by atomic mass is 35.5. The van der Waals surface area contributed by atoms with Gasteiger partial charge in [-0.25, -0.2) is 4.98 Å². The molecule has 76 valence electrons. The maximum absolute atomic E-state index is 11.0. The van der Waals surface area contributed by atoms with Crippen LogP contribution in [0.5, 0.6) is 0 Å². The molecule has 5 heteroatoms. The molecule has 0 saturated carbocycles. The first kappa shape index (κ1) is 9.73. The van der Waals surface area contributed by atoms with E-state index in [1.54, 1.807) is 24.3 Å². The molecular formula is C10H8ClN3O. The van der Waals surface area contributed by atoms with Crippen molar-refractivity contribution < 1.29 is 4.79 Å². The van der Waals surface area contributed by atoms with Crippen LogP contribution in [0.15, 0.2) is 24.3 Å². The molecule has 1 aromatic carbocycles.